The standard InChI is InChI=1S/C16H24F3N3/c1-12(2)9-15(14-5-3-4-7-20-14)21-13-6-8-22(10-13)11-16(17,18)19/h3-5,7,12-13,15,21H,6,8-11H2,1-2H3/t13-,15+/m1/s1. The molecule has 0 unspecified atom stereocenters. The van der Waals surface area contributed by atoms with Gasteiger partial charge in [0, 0.05) is 31.4 Å². The second-order valence-corrected chi connectivity index (χ2v) is 6.44. The number of likely N-dealkylation sites (tertiary alicyclic amines) is 1. The van der Waals surface area contributed by atoms with Crippen molar-refractivity contribution in [1.82, 2.24) is 15.2 Å². The molecule has 124 valence electrons. The van der Waals surface area contributed by atoms with Gasteiger partial charge in [-0.25, -0.2) is 0 Å². The number of aromatic nitrogens is 1. The Kier molecular flexibility index (Phi) is 5.81. The average molecular weight is 315 g/mol. The fourth-order valence-electron chi connectivity index (χ4n) is 2.98. The number of halogens is 3. The molecule has 1 fully saturated rings. The van der Waals surface area contributed by atoms with Gasteiger partial charge >= 0.3 is 6.18 Å². The van der Waals surface area contributed by atoms with Gasteiger partial charge in [-0.15, -0.1) is 0 Å². The molecule has 0 aliphatic carbocycles. The Hall–Kier alpha value is -1.14. The van der Waals surface area contributed by atoms with Gasteiger partial charge in [0.05, 0.1) is 12.2 Å². The average Bonchev–Trinajstić information content (AvgIpc) is 2.83. The van der Waals surface area contributed by atoms with Crippen LogP contribution in [0.3, 0.4) is 0 Å². The molecule has 2 atom stereocenters. The van der Waals surface area contributed by atoms with Crippen molar-refractivity contribution in [1.29, 1.82) is 0 Å². The van der Waals surface area contributed by atoms with Crippen molar-refractivity contribution in [3.8, 4) is 0 Å². The van der Waals surface area contributed by atoms with Crippen LogP contribution in [-0.2, 0) is 0 Å². The SMILES string of the molecule is CC(C)C[C@H](N[C@@H]1CCN(CC(F)(F)F)C1)c1ccccn1. The normalized spacial score (nSPS) is 21.5. The molecule has 0 aromatic carbocycles. The van der Waals surface area contributed by atoms with Gasteiger partial charge in [0.15, 0.2) is 0 Å². The van der Waals surface area contributed by atoms with E-state index in [-0.39, 0.29) is 12.1 Å². The van der Waals surface area contributed by atoms with Gasteiger partial charge in [-0.1, -0.05) is 19.9 Å². The van der Waals surface area contributed by atoms with Gasteiger partial charge in [-0.2, -0.15) is 13.2 Å². The molecule has 2 heterocycles. The number of hydrogen-bond donors (Lipinski definition) is 1. The van der Waals surface area contributed by atoms with Crippen LogP contribution in [0.4, 0.5) is 13.2 Å². The van der Waals surface area contributed by atoms with Gasteiger partial charge in [0.25, 0.3) is 0 Å². The molecule has 1 aliphatic rings. The topological polar surface area (TPSA) is 28.2 Å². The highest BCUT2D eigenvalue weighted by Crippen LogP contribution is 2.24. The largest absolute Gasteiger partial charge is 0.401 e. The van der Waals surface area contributed by atoms with E-state index in [4.69, 9.17) is 0 Å². The highest BCUT2D eigenvalue weighted by molar-refractivity contribution is 5.09. The molecule has 1 aromatic rings. The molecule has 1 aromatic heterocycles. The zero-order valence-corrected chi connectivity index (χ0v) is 13.1. The van der Waals surface area contributed by atoms with Gasteiger partial charge in [0.1, 0.15) is 0 Å². The molecule has 0 amide bonds. The van der Waals surface area contributed by atoms with Crippen molar-refractivity contribution in [2.24, 2.45) is 5.92 Å². The van der Waals surface area contributed by atoms with Gasteiger partial charge in [0.2, 0.25) is 0 Å². The Bertz CT molecular complexity index is 448. The van der Waals surface area contributed by atoms with E-state index in [1.165, 1.54) is 4.90 Å². The summed E-state index contributed by atoms with van der Waals surface area (Å²) < 4.78 is 37.4. The van der Waals surface area contributed by atoms with Crippen LogP contribution >= 0.6 is 0 Å². The second kappa shape index (κ2) is 7.42. The number of nitrogens with zero attached hydrogens (tertiary/aromatic N) is 2. The number of rotatable bonds is 6. The lowest BCUT2D eigenvalue weighted by molar-refractivity contribution is -0.143. The van der Waals surface area contributed by atoms with E-state index in [1.54, 1.807) is 6.20 Å². The van der Waals surface area contributed by atoms with Crippen LogP contribution in [0, 0.1) is 5.92 Å². The smallest absolute Gasteiger partial charge is 0.304 e. The van der Waals surface area contributed by atoms with Crippen molar-refractivity contribution in [2.45, 2.75) is 44.9 Å². The van der Waals surface area contributed by atoms with E-state index < -0.39 is 12.7 Å². The summed E-state index contributed by atoms with van der Waals surface area (Å²) in [6.07, 6.45) is -0.688. The van der Waals surface area contributed by atoms with Crippen LogP contribution in [0.5, 0.6) is 0 Å². The zero-order chi connectivity index (χ0) is 16.2. The molecule has 0 radical (unpaired) electrons. The predicted molar refractivity (Wildman–Crippen MR) is 80.5 cm³/mol. The Morgan fingerprint density at radius 3 is 2.73 bits per heavy atom. The van der Waals surface area contributed by atoms with Crippen LogP contribution in [-0.4, -0.2) is 41.7 Å². The van der Waals surface area contributed by atoms with E-state index in [2.05, 4.69) is 24.1 Å². The third kappa shape index (κ3) is 5.57. The summed E-state index contributed by atoms with van der Waals surface area (Å²) >= 11 is 0. The first-order valence-electron chi connectivity index (χ1n) is 7.79. The minimum Gasteiger partial charge on any atom is -0.304 e. The monoisotopic (exact) mass is 315 g/mol. The molecule has 1 saturated heterocycles. The van der Waals surface area contributed by atoms with Crippen LogP contribution in [0.1, 0.15) is 38.4 Å². The van der Waals surface area contributed by atoms with Crippen molar-refractivity contribution < 1.29 is 13.2 Å². The van der Waals surface area contributed by atoms with E-state index in [1.807, 2.05) is 18.2 Å². The lowest BCUT2D eigenvalue weighted by Gasteiger charge is -2.25. The van der Waals surface area contributed by atoms with E-state index >= 15 is 0 Å². The van der Waals surface area contributed by atoms with Crippen LogP contribution in [0.25, 0.3) is 0 Å². The first kappa shape index (κ1) is 17.2. The first-order valence-corrected chi connectivity index (χ1v) is 7.79. The lowest BCUT2D eigenvalue weighted by atomic mass is 9.99. The molecule has 0 spiro atoms. The molecular weight excluding hydrogens is 291 g/mol. The fourth-order valence-corrected chi connectivity index (χ4v) is 2.98. The molecule has 1 N–H and O–H groups in total. The molecule has 0 bridgehead atoms. The maximum absolute atomic E-state index is 12.5. The number of alkyl halides is 3. The van der Waals surface area contributed by atoms with E-state index in [9.17, 15) is 13.2 Å². The minimum absolute atomic E-state index is 0.0908. The van der Waals surface area contributed by atoms with Crippen molar-refractivity contribution in [3.63, 3.8) is 0 Å². The Labute approximate surface area is 129 Å². The Morgan fingerprint density at radius 2 is 2.14 bits per heavy atom. The summed E-state index contributed by atoms with van der Waals surface area (Å²) in [5.41, 5.74) is 0.963. The summed E-state index contributed by atoms with van der Waals surface area (Å²) in [6, 6.07) is 5.98. The quantitative estimate of drug-likeness (QED) is 0.872. The van der Waals surface area contributed by atoms with Crippen LogP contribution in [0.2, 0.25) is 0 Å². The van der Waals surface area contributed by atoms with Gasteiger partial charge < -0.3 is 5.32 Å². The van der Waals surface area contributed by atoms with Gasteiger partial charge in [-0.3, -0.25) is 9.88 Å². The van der Waals surface area contributed by atoms with Crippen molar-refractivity contribution >= 4 is 0 Å². The summed E-state index contributed by atoms with van der Waals surface area (Å²) in [4.78, 5) is 5.87. The Balaban J connectivity index is 1.94. The number of pyridine rings is 1. The van der Waals surface area contributed by atoms with Crippen molar-refractivity contribution in [2.75, 3.05) is 19.6 Å². The summed E-state index contributed by atoms with van der Waals surface area (Å²) in [7, 11) is 0. The highest BCUT2D eigenvalue weighted by Gasteiger charge is 2.35. The third-order valence-electron chi connectivity index (χ3n) is 3.86. The van der Waals surface area contributed by atoms with E-state index in [0.717, 1.165) is 18.5 Å². The van der Waals surface area contributed by atoms with E-state index in [0.29, 0.717) is 19.0 Å². The maximum atomic E-state index is 12.5. The number of hydrogen-bond acceptors (Lipinski definition) is 3. The fraction of sp³-hybridized carbons (Fsp3) is 0.688. The van der Waals surface area contributed by atoms with Crippen molar-refractivity contribution in [3.05, 3.63) is 30.1 Å². The summed E-state index contributed by atoms with van der Waals surface area (Å²) in [5.74, 6) is 0.493. The summed E-state index contributed by atoms with van der Waals surface area (Å²) in [5, 5.41) is 3.51. The number of nitrogens with one attached hydrogen (secondary N) is 1. The minimum atomic E-state index is -4.12. The molecule has 2 rings (SSSR count). The molecule has 0 saturated carbocycles. The lowest BCUT2D eigenvalue weighted by Crippen LogP contribution is -2.38. The summed E-state index contributed by atoms with van der Waals surface area (Å²) in [6.45, 7) is 4.41. The predicted octanol–water partition coefficient (Wildman–Crippen LogP) is 3.40. The first-order chi connectivity index (χ1) is 10.3. The van der Waals surface area contributed by atoms with Crippen LogP contribution in [0.15, 0.2) is 24.4 Å². The third-order valence-corrected chi connectivity index (χ3v) is 3.86. The molecule has 6 heteroatoms. The molecule has 22 heavy (non-hydrogen) atoms. The van der Waals surface area contributed by atoms with Crippen LogP contribution < -0.4 is 5.32 Å². The maximum Gasteiger partial charge on any atom is 0.401 e. The highest BCUT2D eigenvalue weighted by atomic mass is 19.4. The molecule has 1 aliphatic heterocycles. The zero-order valence-electron chi connectivity index (χ0n) is 13.1. The molecular formula is C16H24F3N3. The Morgan fingerprint density at radius 1 is 1.36 bits per heavy atom. The molecule has 3 nitrogen and oxygen atoms in total. The van der Waals surface area contributed by atoms with Gasteiger partial charge in [-0.05, 0) is 30.9 Å². The second-order valence-electron chi connectivity index (χ2n) is 6.44.